The fraction of sp³-hybridized carbons (Fsp3) is 0.500. The van der Waals surface area contributed by atoms with Crippen LogP contribution < -0.4 is 10.5 Å². The fourth-order valence-corrected chi connectivity index (χ4v) is 2.34. The molecule has 0 aromatic heterocycles. The zero-order valence-corrected chi connectivity index (χ0v) is 11.8. The van der Waals surface area contributed by atoms with Gasteiger partial charge in [-0.1, -0.05) is 24.3 Å². The van der Waals surface area contributed by atoms with Crippen LogP contribution in [-0.2, 0) is 6.54 Å². The minimum absolute atomic E-state index is 0.370. The topological polar surface area (TPSA) is 38.5 Å². The number of benzene rings is 1. The van der Waals surface area contributed by atoms with Crippen molar-refractivity contribution < 1.29 is 4.74 Å². The Hall–Kier alpha value is -1.50. The predicted molar refractivity (Wildman–Crippen MR) is 78.0 cm³/mol. The van der Waals surface area contributed by atoms with Crippen LogP contribution >= 0.6 is 0 Å². The highest BCUT2D eigenvalue weighted by atomic mass is 16.5. The smallest absolute Gasteiger partial charge is 0.134 e. The first-order valence-electron chi connectivity index (χ1n) is 6.80. The maximum absolute atomic E-state index is 5.43. The number of hydrogen-bond donors (Lipinski definition) is 1. The van der Waals surface area contributed by atoms with Crippen molar-refractivity contribution in [1.29, 1.82) is 0 Å². The molecule has 1 aliphatic carbocycles. The van der Waals surface area contributed by atoms with E-state index in [0.29, 0.717) is 6.54 Å². The van der Waals surface area contributed by atoms with E-state index in [1.165, 1.54) is 24.8 Å². The molecular weight excluding hydrogens is 236 g/mol. The summed E-state index contributed by atoms with van der Waals surface area (Å²) in [4.78, 5) is 2.42. The second-order valence-electron chi connectivity index (χ2n) is 5.04. The lowest BCUT2D eigenvalue weighted by atomic mass is 9.91. The molecule has 0 bridgehead atoms. The van der Waals surface area contributed by atoms with Gasteiger partial charge in [-0.2, -0.15) is 0 Å². The molecule has 19 heavy (non-hydrogen) atoms. The van der Waals surface area contributed by atoms with Gasteiger partial charge >= 0.3 is 0 Å². The molecule has 3 nitrogen and oxygen atoms in total. The summed E-state index contributed by atoms with van der Waals surface area (Å²) in [5.74, 6) is 6.78. The van der Waals surface area contributed by atoms with E-state index in [2.05, 4.69) is 35.9 Å². The van der Waals surface area contributed by atoms with E-state index in [4.69, 9.17) is 10.5 Å². The molecule has 0 amide bonds. The molecule has 1 aliphatic rings. The van der Waals surface area contributed by atoms with Gasteiger partial charge in [-0.25, -0.2) is 0 Å². The Morgan fingerprint density at radius 2 is 2.21 bits per heavy atom. The van der Waals surface area contributed by atoms with Crippen LogP contribution in [0.1, 0.15) is 30.4 Å². The molecule has 0 radical (unpaired) electrons. The molecule has 0 unspecified atom stereocenters. The van der Waals surface area contributed by atoms with E-state index < -0.39 is 0 Å². The maximum atomic E-state index is 5.43. The van der Waals surface area contributed by atoms with Crippen LogP contribution in [0.15, 0.2) is 18.2 Å². The zero-order valence-electron chi connectivity index (χ0n) is 11.8. The van der Waals surface area contributed by atoms with E-state index in [1.807, 2.05) is 6.07 Å². The number of rotatable bonds is 4. The number of ether oxygens (including phenoxy) is 1. The van der Waals surface area contributed by atoms with Crippen LogP contribution in [0.4, 0.5) is 0 Å². The first kappa shape index (κ1) is 13.9. The number of nitrogens with two attached hydrogens (primary N) is 1. The van der Waals surface area contributed by atoms with Crippen molar-refractivity contribution >= 4 is 0 Å². The quantitative estimate of drug-likeness (QED) is 0.839. The molecule has 0 atom stereocenters. The summed E-state index contributed by atoms with van der Waals surface area (Å²) in [5.41, 5.74) is 7.63. The highest BCUT2D eigenvalue weighted by molar-refractivity contribution is 5.48. The minimum Gasteiger partial charge on any atom is -0.495 e. The van der Waals surface area contributed by atoms with Gasteiger partial charge in [0.15, 0.2) is 0 Å². The summed E-state index contributed by atoms with van der Waals surface area (Å²) in [6, 6.07) is 6.96. The van der Waals surface area contributed by atoms with Crippen LogP contribution in [0.5, 0.6) is 5.75 Å². The number of hydrogen-bond acceptors (Lipinski definition) is 3. The van der Waals surface area contributed by atoms with Gasteiger partial charge in [0.1, 0.15) is 5.75 Å². The molecule has 0 heterocycles. The Labute approximate surface area is 115 Å². The van der Waals surface area contributed by atoms with Crippen molar-refractivity contribution in [2.45, 2.75) is 31.8 Å². The van der Waals surface area contributed by atoms with Gasteiger partial charge < -0.3 is 10.5 Å². The molecule has 0 aliphatic heterocycles. The van der Waals surface area contributed by atoms with E-state index in [1.54, 1.807) is 7.11 Å². The zero-order chi connectivity index (χ0) is 13.7. The Kier molecular flexibility index (Phi) is 4.84. The molecular formula is C16H22N2O. The predicted octanol–water partition coefficient (Wildman–Crippen LogP) is 1.99. The summed E-state index contributed by atoms with van der Waals surface area (Å²) in [5, 5.41) is 0. The first-order chi connectivity index (χ1) is 9.24. The average Bonchev–Trinajstić information content (AvgIpc) is 2.34. The first-order valence-corrected chi connectivity index (χ1v) is 6.80. The molecule has 2 N–H and O–H groups in total. The van der Waals surface area contributed by atoms with E-state index in [0.717, 1.165) is 23.9 Å². The third-order valence-electron chi connectivity index (χ3n) is 3.72. The second kappa shape index (κ2) is 6.60. The molecule has 0 saturated heterocycles. The van der Waals surface area contributed by atoms with Crippen molar-refractivity contribution in [3.8, 4) is 17.6 Å². The van der Waals surface area contributed by atoms with Crippen molar-refractivity contribution in [2.24, 2.45) is 5.73 Å². The number of methoxy groups -OCH3 is 1. The van der Waals surface area contributed by atoms with Gasteiger partial charge in [0.05, 0.1) is 19.2 Å². The Morgan fingerprint density at radius 3 is 2.79 bits per heavy atom. The Bertz CT molecular complexity index is 483. The van der Waals surface area contributed by atoms with Crippen molar-refractivity contribution in [3.63, 3.8) is 0 Å². The molecule has 0 spiro atoms. The lowest BCUT2D eigenvalue weighted by molar-refractivity contribution is 0.152. The van der Waals surface area contributed by atoms with Gasteiger partial charge in [0.25, 0.3) is 0 Å². The van der Waals surface area contributed by atoms with Crippen molar-refractivity contribution in [3.05, 3.63) is 29.3 Å². The van der Waals surface area contributed by atoms with E-state index in [-0.39, 0.29) is 0 Å². The molecule has 102 valence electrons. The molecule has 1 aromatic carbocycles. The summed E-state index contributed by atoms with van der Waals surface area (Å²) >= 11 is 0. The largest absolute Gasteiger partial charge is 0.495 e. The highest BCUT2D eigenvalue weighted by Crippen LogP contribution is 2.26. The van der Waals surface area contributed by atoms with Gasteiger partial charge in [-0.15, -0.1) is 0 Å². The van der Waals surface area contributed by atoms with Crippen LogP contribution in [0.3, 0.4) is 0 Å². The minimum atomic E-state index is 0.370. The third kappa shape index (κ3) is 3.50. The molecule has 1 fully saturated rings. The normalized spacial score (nSPS) is 14.7. The monoisotopic (exact) mass is 258 g/mol. The molecule has 3 heteroatoms. The highest BCUT2D eigenvalue weighted by Gasteiger charge is 2.21. The Morgan fingerprint density at radius 1 is 1.42 bits per heavy atom. The SMILES string of the molecule is COc1ccc(CN(C)C2CCC2)cc1C#CCN. The summed E-state index contributed by atoms with van der Waals surface area (Å²) < 4.78 is 5.33. The van der Waals surface area contributed by atoms with Crippen molar-refractivity contribution in [1.82, 2.24) is 4.90 Å². The van der Waals surface area contributed by atoms with Crippen molar-refractivity contribution in [2.75, 3.05) is 20.7 Å². The van der Waals surface area contributed by atoms with Crippen LogP contribution in [0.25, 0.3) is 0 Å². The van der Waals surface area contributed by atoms with E-state index in [9.17, 15) is 0 Å². The Balaban J connectivity index is 2.12. The van der Waals surface area contributed by atoms with Gasteiger partial charge in [0, 0.05) is 12.6 Å². The molecule has 1 aromatic rings. The van der Waals surface area contributed by atoms with Gasteiger partial charge in [0.2, 0.25) is 0 Å². The van der Waals surface area contributed by atoms with E-state index >= 15 is 0 Å². The standard InChI is InChI=1S/C16H22N2O/c1-18(15-6-3-7-15)12-13-8-9-16(19-2)14(11-13)5-4-10-17/h8-9,11,15H,3,6-7,10,12,17H2,1-2H3. The molecule has 2 rings (SSSR count). The maximum Gasteiger partial charge on any atom is 0.134 e. The average molecular weight is 258 g/mol. The lowest BCUT2D eigenvalue weighted by Gasteiger charge is -2.34. The van der Waals surface area contributed by atoms with Crippen LogP contribution in [0.2, 0.25) is 0 Å². The fourth-order valence-electron chi connectivity index (χ4n) is 2.34. The summed E-state index contributed by atoms with van der Waals surface area (Å²) in [6.07, 6.45) is 4.02. The van der Waals surface area contributed by atoms with Crippen LogP contribution in [0, 0.1) is 11.8 Å². The van der Waals surface area contributed by atoms with Gasteiger partial charge in [-0.3, -0.25) is 4.90 Å². The number of nitrogens with zero attached hydrogens (tertiary/aromatic N) is 1. The van der Waals surface area contributed by atoms with Crippen LogP contribution in [-0.4, -0.2) is 31.6 Å². The lowest BCUT2D eigenvalue weighted by Crippen LogP contribution is -2.36. The molecule has 1 saturated carbocycles. The summed E-state index contributed by atoms with van der Waals surface area (Å²) in [7, 11) is 3.86. The summed E-state index contributed by atoms with van der Waals surface area (Å²) in [6.45, 7) is 1.33. The second-order valence-corrected chi connectivity index (χ2v) is 5.04. The third-order valence-corrected chi connectivity index (χ3v) is 3.72. The van der Waals surface area contributed by atoms with Gasteiger partial charge in [-0.05, 0) is 37.6 Å².